The average Bonchev–Trinajstić information content (AvgIpc) is 3.00. The summed E-state index contributed by atoms with van der Waals surface area (Å²) < 4.78 is 0. The maximum atomic E-state index is 3.61. The summed E-state index contributed by atoms with van der Waals surface area (Å²) in [6.07, 6.45) is 4.99. The lowest BCUT2D eigenvalue weighted by Gasteiger charge is -2.18. The van der Waals surface area contributed by atoms with Crippen molar-refractivity contribution in [3.05, 3.63) is 59.2 Å². The first-order valence-corrected chi connectivity index (χ1v) is 8.24. The van der Waals surface area contributed by atoms with Crippen molar-refractivity contribution in [1.29, 1.82) is 0 Å². The van der Waals surface area contributed by atoms with E-state index in [2.05, 4.69) is 61.6 Å². The topological polar surface area (TPSA) is 12.0 Å². The van der Waals surface area contributed by atoms with Gasteiger partial charge in [0.15, 0.2) is 0 Å². The van der Waals surface area contributed by atoms with Gasteiger partial charge >= 0.3 is 0 Å². The summed E-state index contributed by atoms with van der Waals surface area (Å²) in [7, 11) is 0. The molecule has 0 radical (unpaired) electrons. The minimum absolute atomic E-state index is 0.398. The van der Waals surface area contributed by atoms with Gasteiger partial charge in [-0.05, 0) is 67.0 Å². The third kappa shape index (κ3) is 3.03. The van der Waals surface area contributed by atoms with Crippen molar-refractivity contribution in [3.63, 3.8) is 0 Å². The van der Waals surface area contributed by atoms with E-state index in [4.69, 9.17) is 0 Å². The Kier molecular flexibility index (Phi) is 4.40. The molecule has 0 aromatic heterocycles. The van der Waals surface area contributed by atoms with Crippen molar-refractivity contribution in [2.45, 2.75) is 45.6 Å². The molecule has 1 heteroatoms. The molecule has 21 heavy (non-hydrogen) atoms. The number of nitrogens with one attached hydrogen (secondary N) is 1. The summed E-state index contributed by atoms with van der Waals surface area (Å²) in [5.74, 6) is 0. The molecule has 110 valence electrons. The maximum Gasteiger partial charge on any atom is 0.0297 e. The monoisotopic (exact) mass is 279 g/mol. The number of hydrogen-bond donors (Lipinski definition) is 1. The molecule has 1 N–H and O–H groups in total. The number of hydrogen-bond acceptors (Lipinski definition) is 1. The highest BCUT2D eigenvalue weighted by Gasteiger charge is 2.14. The van der Waals surface area contributed by atoms with Crippen molar-refractivity contribution in [2.75, 3.05) is 6.54 Å². The van der Waals surface area contributed by atoms with E-state index in [1.807, 2.05) is 0 Å². The summed E-state index contributed by atoms with van der Waals surface area (Å²) in [6, 6.07) is 16.3. The molecule has 0 saturated carbocycles. The van der Waals surface area contributed by atoms with Crippen LogP contribution in [0.4, 0.5) is 0 Å². The lowest BCUT2D eigenvalue weighted by atomic mass is 9.93. The SMILES string of the molecule is CCCNC(C)c1ccccc1-c1ccc2c(c1)CCC2. The van der Waals surface area contributed by atoms with Crippen LogP contribution < -0.4 is 5.32 Å². The van der Waals surface area contributed by atoms with Crippen LogP contribution in [0.5, 0.6) is 0 Å². The molecule has 0 fully saturated rings. The van der Waals surface area contributed by atoms with Crippen molar-refractivity contribution < 1.29 is 0 Å². The van der Waals surface area contributed by atoms with Gasteiger partial charge in [-0.2, -0.15) is 0 Å². The highest BCUT2D eigenvalue weighted by molar-refractivity contribution is 5.69. The molecule has 0 spiro atoms. The van der Waals surface area contributed by atoms with Crippen LogP contribution in [0.25, 0.3) is 11.1 Å². The molecule has 0 heterocycles. The second-order valence-corrected chi connectivity index (χ2v) is 6.10. The Bertz CT molecular complexity index is 615. The van der Waals surface area contributed by atoms with Crippen LogP contribution in [0.3, 0.4) is 0 Å². The van der Waals surface area contributed by atoms with Crippen molar-refractivity contribution in [3.8, 4) is 11.1 Å². The zero-order chi connectivity index (χ0) is 14.7. The minimum Gasteiger partial charge on any atom is -0.310 e. The minimum atomic E-state index is 0.398. The van der Waals surface area contributed by atoms with E-state index in [1.54, 1.807) is 11.1 Å². The van der Waals surface area contributed by atoms with Gasteiger partial charge in [-0.25, -0.2) is 0 Å². The summed E-state index contributed by atoms with van der Waals surface area (Å²) in [5, 5.41) is 3.61. The second kappa shape index (κ2) is 6.44. The molecule has 1 unspecified atom stereocenters. The Hall–Kier alpha value is -1.60. The lowest BCUT2D eigenvalue weighted by molar-refractivity contribution is 0.572. The predicted octanol–water partition coefficient (Wildman–Crippen LogP) is 4.90. The lowest BCUT2D eigenvalue weighted by Crippen LogP contribution is -2.19. The number of benzene rings is 2. The van der Waals surface area contributed by atoms with Crippen LogP contribution in [-0.2, 0) is 12.8 Å². The molecule has 1 atom stereocenters. The quantitative estimate of drug-likeness (QED) is 0.820. The fourth-order valence-corrected chi connectivity index (χ4v) is 3.35. The molecule has 2 aromatic rings. The zero-order valence-corrected chi connectivity index (χ0v) is 13.2. The molecular weight excluding hydrogens is 254 g/mol. The zero-order valence-electron chi connectivity index (χ0n) is 13.2. The van der Waals surface area contributed by atoms with Crippen molar-refractivity contribution in [1.82, 2.24) is 5.32 Å². The molecule has 1 nitrogen and oxygen atoms in total. The molecule has 2 aromatic carbocycles. The maximum absolute atomic E-state index is 3.61. The Balaban J connectivity index is 1.95. The Morgan fingerprint density at radius 3 is 2.71 bits per heavy atom. The first kappa shape index (κ1) is 14.3. The average molecular weight is 279 g/mol. The van der Waals surface area contributed by atoms with Gasteiger partial charge in [0.25, 0.3) is 0 Å². The second-order valence-electron chi connectivity index (χ2n) is 6.10. The van der Waals surface area contributed by atoms with E-state index >= 15 is 0 Å². The first-order valence-electron chi connectivity index (χ1n) is 8.24. The molecule has 1 aliphatic carbocycles. The fraction of sp³-hybridized carbons (Fsp3) is 0.400. The largest absolute Gasteiger partial charge is 0.310 e. The van der Waals surface area contributed by atoms with Crippen LogP contribution in [0, 0.1) is 0 Å². The molecule has 0 saturated heterocycles. The van der Waals surface area contributed by atoms with E-state index < -0.39 is 0 Å². The molecule has 1 aliphatic rings. The Morgan fingerprint density at radius 2 is 1.86 bits per heavy atom. The van der Waals surface area contributed by atoms with Gasteiger partial charge in [0.1, 0.15) is 0 Å². The third-order valence-electron chi connectivity index (χ3n) is 4.54. The van der Waals surface area contributed by atoms with E-state index in [0.29, 0.717) is 6.04 Å². The normalized spacial score (nSPS) is 15.0. The highest BCUT2D eigenvalue weighted by atomic mass is 14.9. The summed E-state index contributed by atoms with van der Waals surface area (Å²) in [4.78, 5) is 0. The van der Waals surface area contributed by atoms with E-state index in [9.17, 15) is 0 Å². The van der Waals surface area contributed by atoms with Gasteiger partial charge in [0, 0.05) is 6.04 Å². The highest BCUT2D eigenvalue weighted by Crippen LogP contribution is 2.32. The van der Waals surface area contributed by atoms with Crippen molar-refractivity contribution in [2.24, 2.45) is 0 Å². The summed E-state index contributed by atoms with van der Waals surface area (Å²) in [6.45, 7) is 5.55. The molecule has 0 amide bonds. The predicted molar refractivity (Wildman–Crippen MR) is 90.6 cm³/mol. The number of rotatable bonds is 5. The van der Waals surface area contributed by atoms with Gasteiger partial charge in [-0.1, -0.05) is 49.4 Å². The van der Waals surface area contributed by atoms with E-state index in [1.165, 1.54) is 42.4 Å². The smallest absolute Gasteiger partial charge is 0.0297 e. The molecule has 0 aliphatic heterocycles. The Morgan fingerprint density at radius 1 is 1.05 bits per heavy atom. The van der Waals surface area contributed by atoms with Gasteiger partial charge < -0.3 is 5.32 Å². The van der Waals surface area contributed by atoms with Gasteiger partial charge in [-0.3, -0.25) is 0 Å². The third-order valence-corrected chi connectivity index (χ3v) is 4.54. The van der Waals surface area contributed by atoms with Gasteiger partial charge in [-0.15, -0.1) is 0 Å². The van der Waals surface area contributed by atoms with Crippen LogP contribution in [0.15, 0.2) is 42.5 Å². The summed E-state index contributed by atoms with van der Waals surface area (Å²) in [5.41, 5.74) is 7.26. The van der Waals surface area contributed by atoms with Crippen LogP contribution in [0.1, 0.15) is 49.4 Å². The number of fused-ring (bicyclic) bond motifs is 1. The standard InChI is InChI=1S/C20H25N/c1-3-13-21-15(2)19-9-4-5-10-20(19)18-12-11-16-7-6-8-17(16)14-18/h4-5,9-12,14-15,21H,3,6-8,13H2,1-2H3. The van der Waals surface area contributed by atoms with Crippen LogP contribution in [0.2, 0.25) is 0 Å². The fourth-order valence-electron chi connectivity index (χ4n) is 3.35. The Labute approximate surface area is 128 Å². The van der Waals surface area contributed by atoms with Crippen LogP contribution >= 0.6 is 0 Å². The molecule has 0 bridgehead atoms. The number of aryl methyl sites for hydroxylation is 2. The van der Waals surface area contributed by atoms with Gasteiger partial charge in [0.05, 0.1) is 0 Å². The molecular formula is C20H25N. The summed E-state index contributed by atoms with van der Waals surface area (Å²) >= 11 is 0. The van der Waals surface area contributed by atoms with Crippen LogP contribution in [-0.4, -0.2) is 6.54 Å². The van der Waals surface area contributed by atoms with E-state index in [0.717, 1.165) is 6.54 Å². The van der Waals surface area contributed by atoms with Crippen molar-refractivity contribution >= 4 is 0 Å². The first-order chi connectivity index (χ1) is 10.3. The van der Waals surface area contributed by atoms with E-state index in [-0.39, 0.29) is 0 Å². The van der Waals surface area contributed by atoms with Gasteiger partial charge in [0.2, 0.25) is 0 Å². The molecule has 3 rings (SSSR count).